The first-order chi connectivity index (χ1) is 41.5. The van der Waals surface area contributed by atoms with Crippen molar-refractivity contribution < 1.29 is 0 Å². The second kappa shape index (κ2) is 23.5. The van der Waals surface area contributed by atoms with Gasteiger partial charge in [-0.15, -0.1) is 0 Å². The minimum Gasteiger partial charge on any atom is -0.310 e. The lowest BCUT2D eigenvalue weighted by Crippen LogP contribution is -2.10. The predicted octanol–water partition coefficient (Wildman–Crippen LogP) is 22.8. The molecule has 2 heterocycles. The molecule has 0 aliphatic rings. The number of hydrogen-bond acceptors (Lipinski definition) is 2. The number of para-hydroxylation sites is 5. The van der Waals surface area contributed by atoms with Crippen LogP contribution in [-0.4, -0.2) is 9.13 Å². The van der Waals surface area contributed by atoms with Crippen LogP contribution in [0.4, 0.5) is 34.1 Å². The van der Waals surface area contributed by atoms with Crippen molar-refractivity contribution in [1.29, 1.82) is 0 Å². The fourth-order valence-corrected chi connectivity index (χ4v) is 12.0. The van der Waals surface area contributed by atoms with Gasteiger partial charge < -0.3 is 18.9 Å². The lowest BCUT2D eigenvalue weighted by molar-refractivity contribution is 1.18. The summed E-state index contributed by atoms with van der Waals surface area (Å²) in [5, 5.41) is 5.06. The van der Waals surface area contributed by atoms with Gasteiger partial charge in [-0.05, 0) is 186 Å². The summed E-state index contributed by atoms with van der Waals surface area (Å²) in [6.45, 7) is 4.27. The van der Waals surface area contributed by atoms with Crippen LogP contribution in [0.15, 0.2) is 328 Å². The Morgan fingerprint density at radius 1 is 0.212 bits per heavy atom. The molecule has 0 spiro atoms. The van der Waals surface area contributed by atoms with Crippen molar-refractivity contribution in [3.8, 4) is 44.8 Å². The zero-order valence-electron chi connectivity index (χ0n) is 47.0. The molecule has 15 aromatic rings. The van der Waals surface area contributed by atoms with E-state index in [-0.39, 0.29) is 7.43 Å². The number of nitrogens with zero attached hydrogens (tertiary/aromatic N) is 4. The summed E-state index contributed by atoms with van der Waals surface area (Å²) in [7, 11) is 0. The SMILES string of the molecule is C.Cc1ccc(N(c2ccc(-c3ccc4c(c3)c3ccccc3n4-c3ccccc3)cc2)c2cccc(C)c2)cc1.c1ccc(-c2cccc(N(c3ccccc3)c3ccc(-c4ccc5c(c4)c4ccccc4n5-c4ccccc4)cc3)c2)cc1. The van der Waals surface area contributed by atoms with Crippen LogP contribution in [0, 0.1) is 13.8 Å². The highest BCUT2D eigenvalue weighted by Gasteiger charge is 2.18. The van der Waals surface area contributed by atoms with Crippen LogP contribution in [0.3, 0.4) is 0 Å². The molecule has 15 rings (SSSR count). The maximum atomic E-state index is 2.36. The molecule has 0 aliphatic heterocycles. The second-order valence-electron chi connectivity index (χ2n) is 21.5. The van der Waals surface area contributed by atoms with E-state index >= 15 is 0 Å². The van der Waals surface area contributed by atoms with Crippen LogP contribution in [0.5, 0.6) is 0 Å². The molecule has 0 saturated carbocycles. The Bertz CT molecular complexity index is 4760. The minimum absolute atomic E-state index is 0. The summed E-state index contributed by atoms with van der Waals surface area (Å²) in [4.78, 5) is 4.65. The molecule has 4 nitrogen and oxygen atoms in total. The number of anilines is 6. The molecule has 0 N–H and O–H groups in total. The number of fused-ring (bicyclic) bond motifs is 6. The van der Waals surface area contributed by atoms with Gasteiger partial charge in [-0.25, -0.2) is 0 Å². The Balaban J connectivity index is 0.000000157. The number of benzene rings is 13. The summed E-state index contributed by atoms with van der Waals surface area (Å²) in [5.74, 6) is 0. The lowest BCUT2D eigenvalue weighted by atomic mass is 10.0. The molecule has 2 aromatic heterocycles. The van der Waals surface area contributed by atoms with E-state index in [2.05, 4.69) is 360 Å². The van der Waals surface area contributed by atoms with E-state index in [0.29, 0.717) is 0 Å². The van der Waals surface area contributed by atoms with Crippen molar-refractivity contribution in [2.24, 2.45) is 0 Å². The molecule has 0 saturated heterocycles. The van der Waals surface area contributed by atoms with Crippen LogP contribution >= 0.6 is 0 Å². The van der Waals surface area contributed by atoms with E-state index in [4.69, 9.17) is 0 Å². The van der Waals surface area contributed by atoms with Gasteiger partial charge in [0.2, 0.25) is 0 Å². The Morgan fingerprint density at radius 2 is 0.541 bits per heavy atom. The molecule has 0 amide bonds. The monoisotopic (exact) mass is 1090 g/mol. The number of aryl methyl sites for hydroxylation is 2. The fourth-order valence-electron chi connectivity index (χ4n) is 12.0. The minimum atomic E-state index is 0. The third-order valence-electron chi connectivity index (χ3n) is 16.1. The Hall–Kier alpha value is -10.9. The van der Waals surface area contributed by atoms with E-state index in [1.165, 1.54) is 99.5 Å². The molecular formula is C81H64N4. The smallest absolute Gasteiger partial charge is 0.0541 e. The van der Waals surface area contributed by atoms with Gasteiger partial charge in [0.15, 0.2) is 0 Å². The first-order valence-electron chi connectivity index (χ1n) is 28.8. The maximum absolute atomic E-state index is 2.36. The Kier molecular flexibility index (Phi) is 14.8. The third-order valence-corrected chi connectivity index (χ3v) is 16.1. The molecule has 408 valence electrons. The number of aromatic nitrogens is 2. The summed E-state index contributed by atoms with van der Waals surface area (Å²) in [6, 6.07) is 118. The summed E-state index contributed by atoms with van der Waals surface area (Å²) < 4.78 is 4.72. The Morgan fingerprint density at radius 3 is 1.02 bits per heavy atom. The highest BCUT2D eigenvalue weighted by molar-refractivity contribution is 6.11. The largest absolute Gasteiger partial charge is 0.310 e. The van der Waals surface area contributed by atoms with Crippen LogP contribution in [0.25, 0.3) is 88.4 Å². The van der Waals surface area contributed by atoms with Crippen molar-refractivity contribution >= 4 is 77.7 Å². The van der Waals surface area contributed by atoms with E-state index in [1.807, 2.05) is 0 Å². The average molecular weight is 1090 g/mol. The van der Waals surface area contributed by atoms with Gasteiger partial charge in [0, 0.05) is 67.0 Å². The van der Waals surface area contributed by atoms with Gasteiger partial charge in [0.1, 0.15) is 0 Å². The molecule has 13 aromatic carbocycles. The van der Waals surface area contributed by atoms with Crippen molar-refractivity contribution in [3.05, 3.63) is 339 Å². The molecule has 0 unspecified atom stereocenters. The highest BCUT2D eigenvalue weighted by Crippen LogP contribution is 2.41. The summed E-state index contributed by atoms with van der Waals surface area (Å²) >= 11 is 0. The highest BCUT2D eigenvalue weighted by atomic mass is 15.1. The molecule has 0 bridgehead atoms. The molecule has 0 fully saturated rings. The topological polar surface area (TPSA) is 16.3 Å². The standard InChI is InChI=1S/C42H30N2.C38H30N2.CH4/c1-4-13-31(14-5-1)33-15-12-20-38(29-33)43(35-16-6-2-7-17-35)37-26-23-32(24-27-37)34-25-28-42-40(30-34)39-21-10-11-22-41(39)44(42)36-18-8-3-9-19-36;1-27-15-20-32(21-16-27)39(34-12-8-9-28(2)25-34)33-22-17-29(18-23-33)30-19-24-38-36(26-30)35-13-6-7-14-37(35)40(38)31-10-4-3-5-11-31;/h1-30H;3-26H,1-2H3;1H4. The van der Waals surface area contributed by atoms with Crippen molar-refractivity contribution in [3.63, 3.8) is 0 Å². The molecular weight excluding hydrogens is 1030 g/mol. The normalized spacial score (nSPS) is 11.1. The van der Waals surface area contributed by atoms with E-state index in [9.17, 15) is 0 Å². The second-order valence-corrected chi connectivity index (χ2v) is 21.5. The van der Waals surface area contributed by atoms with E-state index < -0.39 is 0 Å². The number of hydrogen-bond donors (Lipinski definition) is 0. The summed E-state index contributed by atoms with van der Waals surface area (Å²) in [5.41, 5.74) is 23.8. The molecule has 85 heavy (non-hydrogen) atoms. The van der Waals surface area contributed by atoms with Gasteiger partial charge in [0.05, 0.1) is 22.1 Å². The van der Waals surface area contributed by atoms with Crippen molar-refractivity contribution in [1.82, 2.24) is 9.13 Å². The van der Waals surface area contributed by atoms with Crippen LogP contribution in [0.1, 0.15) is 18.6 Å². The van der Waals surface area contributed by atoms with Crippen molar-refractivity contribution in [2.75, 3.05) is 9.80 Å². The first kappa shape index (κ1) is 53.4. The summed E-state index contributed by atoms with van der Waals surface area (Å²) in [6.07, 6.45) is 0. The van der Waals surface area contributed by atoms with Crippen LogP contribution in [-0.2, 0) is 0 Å². The Labute approximate surface area is 498 Å². The van der Waals surface area contributed by atoms with Gasteiger partial charge in [-0.2, -0.15) is 0 Å². The zero-order valence-corrected chi connectivity index (χ0v) is 47.0. The van der Waals surface area contributed by atoms with Gasteiger partial charge in [-0.3, -0.25) is 0 Å². The first-order valence-corrected chi connectivity index (χ1v) is 28.8. The third kappa shape index (κ3) is 10.5. The van der Waals surface area contributed by atoms with Gasteiger partial charge in [-0.1, -0.05) is 207 Å². The van der Waals surface area contributed by atoms with Gasteiger partial charge >= 0.3 is 0 Å². The van der Waals surface area contributed by atoms with E-state index in [0.717, 1.165) is 34.1 Å². The maximum Gasteiger partial charge on any atom is 0.0541 e. The van der Waals surface area contributed by atoms with Crippen molar-refractivity contribution in [2.45, 2.75) is 21.3 Å². The van der Waals surface area contributed by atoms with Crippen LogP contribution < -0.4 is 9.80 Å². The molecule has 0 radical (unpaired) electrons. The lowest BCUT2D eigenvalue weighted by Gasteiger charge is -2.26. The molecule has 0 aliphatic carbocycles. The average Bonchev–Trinajstić information content (AvgIpc) is 2.22. The predicted molar refractivity (Wildman–Crippen MR) is 363 cm³/mol. The number of rotatable bonds is 11. The van der Waals surface area contributed by atoms with E-state index in [1.54, 1.807) is 0 Å². The molecule has 0 atom stereocenters. The van der Waals surface area contributed by atoms with Gasteiger partial charge in [0.25, 0.3) is 0 Å². The fraction of sp³-hybridized carbons (Fsp3) is 0.0370. The van der Waals surface area contributed by atoms with Crippen LogP contribution in [0.2, 0.25) is 0 Å². The quantitative estimate of drug-likeness (QED) is 0.128. The zero-order chi connectivity index (χ0) is 56.3. The molecule has 4 heteroatoms.